The molecule has 1 N–H and O–H groups in total. The number of nitrogens with zero attached hydrogens (tertiary/aromatic N) is 2. The van der Waals surface area contributed by atoms with Crippen LogP contribution in [0.25, 0.3) is 11.3 Å². The van der Waals surface area contributed by atoms with Crippen molar-refractivity contribution in [2.24, 2.45) is 23.2 Å². The number of carbonyl (C=O) groups excluding carboxylic acids is 1. The van der Waals surface area contributed by atoms with Crippen molar-refractivity contribution in [3.05, 3.63) is 70.5 Å². The number of ether oxygens (including phenoxy) is 1. The van der Waals surface area contributed by atoms with Gasteiger partial charge in [0.25, 0.3) is 0 Å². The lowest BCUT2D eigenvalue weighted by Gasteiger charge is -2.57. The maximum Gasteiger partial charge on any atom is 0.229 e. The molecule has 4 fully saturated rings. The van der Waals surface area contributed by atoms with E-state index in [4.69, 9.17) is 14.7 Å². The highest BCUT2D eigenvalue weighted by Gasteiger charge is 2.51. The molecule has 1 aromatic heterocycles. The van der Waals surface area contributed by atoms with Gasteiger partial charge in [0.05, 0.1) is 30.6 Å². The summed E-state index contributed by atoms with van der Waals surface area (Å²) in [5, 5.41) is 3.02. The zero-order valence-corrected chi connectivity index (χ0v) is 22.2. The van der Waals surface area contributed by atoms with E-state index in [0.717, 1.165) is 77.5 Å². The normalized spacial score (nSPS) is 26.2. The first kappa shape index (κ1) is 24.7. The van der Waals surface area contributed by atoms with Gasteiger partial charge in [0.15, 0.2) is 17.5 Å². The van der Waals surface area contributed by atoms with E-state index >= 15 is 0 Å². The van der Waals surface area contributed by atoms with Gasteiger partial charge in [-0.2, -0.15) is 0 Å². The molecule has 1 heterocycles. The first-order valence-electron chi connectivity index (χ1n) is 14.2. The lowest BCUT2D eigenvalue weighted by molar-refractivity contribution is -0.115. The largest absolute Gasteiger partial charge is 0.497 e. The Morgan fingerprint density at radius 3 is 2.41 bits per heavy atom. The number of aryl methyl sites for hydroxylation is 2. The van der Waals surface area contributed by atoms with Crippen molar-refractivity contribution < 1.29 is 18.3 Å². The molecule has 2 aromatic carbocycles. The average molecular weight is 530 g/mol. The minimum absolute atomic E-state index is 0.0601. The fourth-order valence-corrected chi connectivity index (χ4v) is 8.38. The predicted molar refractivity (Wildman–Crippen MR) is 144 cm³/mol. The molecule has 202 valence electrons. The number of halogens is 2. The highest BCUT2D eigenvalue weighted by molar-refractivity contribution is 5.92. The monoisotopic (exact) mass is 529 g/mol. The van der Waals surface area contributed by atoms with Crippen molar-refractivity contribution in [3.63, 3.8) is 0 Å². The van der Waals surface area contributed by atoms with Crippen molar-refractivity contribution in [1.29, 1.82) is 0 Å². The fraction of sp³-hybridized carbons (Fsp3) is 0.469. The summed E-state index contributed by atoms with van der Waals surface area (Å²) < 4.78 is 32.6. The van der Waals surface area contributed by atoms with E-state index in [1.54, 1.807) is 7.11 Å². The molecular weight excluding hydrogens is 496 g/mol. The summed E-state index contributed by atoms with van der Waals surface area (Å²) in [6.45, 7) is 0. The molecule has 5 nitrogen and oxygen atoms in total. The van der Waals surface area contributed by atoms with Crippen molar-refractivity contribution in [3.8, 4) is 17.0 Å². The van der Waals surface area contributed by atoms with Gasteiger partial charge in [-0.3, -0.25) is 4.79 Å². The first-order chi connectivity index (χ1) is 18.9. The molecular formula is C32H33F2N3O2. The van der Waals surface area contributed by atoms with E-state index in [1.165, 1.54) is 50.2 Å². The van der Waals surface area contributed by atoms with Crippen molar-refractivity contribution in [1.82, 2.24) is 9.97 Å². The van der Waals surface area contributed by atoms with E-state index in [0.29, 0.717) is 11.4 Å². The molecule has 5 aliphatic carbocycles. The molecule has 0 unspecified atom stereocenters. The molecule has 7 heteroatoms. The second kappa shape index (κ2) is 9.39. The minimum Gasteiger partial charge on any atom is -0.497 e. The van der Waals surface area contributed by atoms with Gasteiger partial charge in [-0.15, -0.1) is 0 Å². The second-order valence-electron chi connectivity index (χ2n) is 12.4. The van der Waals surface area contributed by atoms with E-state index in [9.17, 15) is 13.6 Å². The zero-order chi connectivity index (χ0) is 26.7. The van der Waals surface area contributed by atoms with Crippen LogP contribution in [0.4, 0.5) is 14.6 Å². The lowest BCUT2D eigenvalue weighted by atomic mass is 9.48. The molecule has 0 spiro atoms. The SMILES string of the molecule is COc1ccc2c(c1)CCc1nc(NC(=O)Cc3ccc(F)c(F)c3)c(CC34CC5CC(CC(C5)C3)C4)nc1-2. The summed E-state index contributed by atoms with van der Waals surface area (Å²) in [6, 6.07) is 9.69. The Labute approximate surface area is 227 Å². The molecule has 0 saturated heterocycles. The first-order valence-corrected chi connectivity index (χ1v) is 14.2. The van der Waals surface area contributed by atoms with E-state index in [1.807, 2.05) is 6.07 Å². The van der Waals surface area contributed by atoms with Crippen LogP contribution < -0.4 is 10.1 Å². The third-order valence-corrected chi connectivity index (χ3v) is 9.55. The summed E-state index contributed by atoms with van der Waals surface area (Å²) in [5.74, 6) is 1.60. The lowest BCUT2D eigenvalue weighted by Crippen LogP contribution is -2.47. The van der Waals surface area contributed by atoms with Gasteiger partial charge < -0.3 is 10.1 Å². The summed E-state index contributed by atoms with van der Waals surface area (Å²) in [4.78, 5) is 23.4. The van der Waals surface area contributed by atoms with Gasteiger partial charge >= 0.3 is 0 Å². The topological polar surface area (TPSA) is 64.1 Å². The summed E-state index contributed by atoms with van der Waals surface area (Å²) in [6.07, 6.45) is 10.1. The van der Waals surface area contributed by atoms with Crippen LogP contribution in [0.15, 0.2) is 36.4 Å². The van der Waals surface area contributed by atoms with Crippen LogP contribution in [0.3, 0.4) is 0 Å². The Hall–Kier alpha value is -3.35. The van der Waals surface area contributed by atoms with Crippen LogP contribution in [0.2, 0.25) is 0 Å². The highest BCUT2D eigenvalue weighted by Crippen LogP contribution is 2.61. The van der Waals surface area contributed by atoms with Crippen molar-refractivity contribution >= 4 is 11.7 Å². The molecule has 8 rings (SSSR count). The molecule has 4 saturated carbocycles. The number of hydrogen-bond donors (Lipinski definition) is 1. The number of fused-ring (bicyclic) bond motifs is 3. The van der Waals surface area contributed by atoms with Crippen molar-refractivity contribution in [2.45, 2.75) is 64.2 Å². The molecule has 0 aliphatic heterocycles. The third-order valence-electron chi connectivity index (χ3n) is 9.55. The number of nitrogens with one attached hydrogen (secondary N) is 1. The van der Waals surface area contributed by atoms with E-state index in [2.05, 4.69) is 17.4 Å². The van der Waals surface area contributed by atoms with Crippen LogP contribution in [-0.4, -0.2) is 23.0 Å². The quantitative estimate of drug-likeness (QED) is 0.398. The number of carbonyl (C=O) groups is 1. The van der Waals surface area contributed by atoms with Gasteiger partial charge in [-0.05, 0) is 122 Å². The highest BCUT2D eigenvalue weighted by atomic mass is 19.2. The van der Waals surface area contributed by atoms with Crippen molar-refractivity contribution in [2.75, 3.05) is 12.4 Å². The Morgan fingerprint density at radius 1 is 0.974 bits per heavy atom. The number of anilines is 1. The van der Waals surface area contributed by atoms with E-state index < -0.39 is 11.6 Å². The zero-order valence-electron chi connectivity index (χ0n) is 22.2. The Balaban J connectivity index is 1.24. The number of methoxy groups -OCH3 is 1. The van der Waals surface area contributed by atoms with Gasteiger partial charge in [-0.25, -0.2) is 18.7 Å². The van der Waals surface area contributed by atoms with Crippen LogP contribution in [-0.2, 0) is 30.5 Å². The van der Waals surface area contributed by atoms with Crippen LogP contribution in [0.1, 0.15) is 61.0 Å². The molecule has 39 heavy (non-hydrogen) atoms. The van der Waals surface area contributed by atoms with Gasteiger partial charge in [0.1, 0.15) is 5.75 Å². The van der Waals surface area contributed by atoms with Gasteiger partial charge in [0, 0.05) is 5.56 Å². The maximum absolute atomic E-state index is 13.8. The Kier molecular flexibility index (Phi) is 5.94. The average Bonchev–Trinajstić information content (AvgIpc) is 2.90. The predicted octanol–water partition coefficient (Wildman–Crippen LogP) is 6.47. The summed E-state index contributed by atoms with van der Waals surface area (Å²) in [7, 11) is 1.68. The number of amides is 1. The number of benzene rings is 2. The van der Waals surface area contributed by atoms with Crippen LogP contribution in [0.5, 0.6) is 5.75 Å². The van der Waals surface area contributed by atoms with E-state index in [-0.39, 0.29) is 17.7 Å². The summed E-state index contributed by atoms with van der Waals surface area (Å²) in [5.41, 5.74) is 5.54. The van der Waals surface area contributed by atoms with Crippen LogP contribution in [0, 0.1) is 34.8 Å². The molecule has 4 bridgehead atoms. The number of hydrogen-bond acceptors (Lipinski definition) is 4. The van der Waals surface area contributed by atoms with Crippen LogP contribution >= 0.6 is 0 Å². The Morgan fingerprint density at radius 2 is 1.72 bits per heavy atom. The van der Waals surface area contributed by atoms with Gasteiger partial charge in [0.2, 0.25) is 5.91 Å². The van der Waals surface area contributed by atoms with Gasteiger partial charge in [-0.1, -0.05) is 6.07 Å². The summed E-state index contributed by atoms with van der Waals surface area (Å²) >= 11 is 0. The second-order valence-corrected chi connectivity index (χ2v) is 12.4. The maximum atomic E-state index is 13.8. The minimum atomic E-state index is -0.952. The number of rotatable bonds is 6. The molecule has 1 amide bonds. The number of aromatic nitrogens is 2. The standard InChI is InChI=1S/C32H33F2N3O2/c1-39-23-4-5-24-22(13-23)3-7-27-30(24)35-28(17-32-14-19-8-20(15-32)10-21(9-19)16-32)31(36-27)37-29(38)12-18-2-6-25(33)26(34)11-18/h2,4-6,11,13,19-21H,3,7-10,12,14-17H2,1H3,(H,36,37,38). The molecule has 0 atom stereocenters. The molecule has 5 aliphatic rings. The smallest absolute Gasteiger partial charge is 0.229 e. The third kappa shape index (κ3) is 4.60. The molecule has 3 aromatic rings. The molecule has 0 radical (unpaired) electrons. The fourth-order valence-electron chi connectivity index (χ4n) is 8.38. The Bertz CT molecular complexity index is 1430.